The quantitative estimate of drug-likeness (QED) is 0.278. The molecule has 1 atom stereocenters. The number of oxime groups is 1. The van der Waals surface area contributed by atoms with Gasteiger partial charge < -0.3 is 16.3 Å². The number of carbonyl (C=O) groups is 1. The second kappa shape index (κ2) is 6.35. The van der Waals surface area contributed by atoms with Crippen LogP contribution in [0.25, 0.3) is 0 Å². The van der Waals surface area contributed by atoms with E-state index in [-0.39, 0.29) is 17.2 Å². The van der Waals surface area contributed by atoms with Gasteiger partial charge in [0.15, 0.2) is 5.84 Å². The van der Waals surface area contributed by atoms with Gasteiger partial charge in [0.1, 0.15) is 0 Å². The van der Waals surface area contributed by atoms with Crippen LogP contribution in [0, 0.1) is 11.3 Å². The molecule has 0 aromatic carbocycles. The van der Waals surface area contributed by atoms with Gasteiger partial charge in [0.05, 0.1) is 5.92 Å². The smallest absolute Gasteiger partial charge is 0.230 e. The molecule has 1 amide bonds. The number of rotatable bonds is 6. The summed E-state index contributed by atoms with van der Waals surface area (Å²) in [5.74, 6) is -0.758. The van der Waals surface area contributed by atoms with E-state index < -0.39 is 5.92 Å². The van der Waals surface area contributed by atoms with Crippen molar-refractivity contribution in [2.75, 3.05) is 6.54 Å². The first kappa shape index (κ1) is 14.7. The summed E-state index contributed by atoms with van der Waals surface area (Å²) < 4.78 is 0. The molecule has 16 heavy (non-hydrogen) atoms. The molecule has 0 bridgehead atoms. The lowest BCUT2D eigenvalue weighted by Crippen LogP contribution is -2.42. The van der Waals surface area contributed by atoms with E-state index in [4.69, 9.17) is 10.9 Å². The monoisotopic (exact) mass is 229 g/mol. The number of carbonyl (C=O) groups excluding carboxylic acids is 1. The number of hydrogen-bond donors (Lipinski definition) is 3. The predicted octanol–water partition coefficient (Wildman–Crippen LogP) is 1.31. The Morgan fingerprint density at radius 1 is 1.50 bits per heavy atom. The second-order valence-electron chi connectivity index (χ2n) is 4.72. The molecule has 0 heterocycles. The fourth-order valence-electron chi connectivity index (χ4n) is 1.17. The van der Waals surface area contributed by atoms with Crippen molar-refractivity contribution in [3.63, 3.8) is 0 Å². The van der Waals surface area contributed by atoms with Crippen LogP contribution in [0.15, 0.2) is 5.16 Å². The van der Waals surface area contributed by atoms with E-state index in [1.807, 2.05) is 6.92 Å². The van der Waals surface area contributed by atoms with Gasteiger partial charge in [-0.05, 0) is 18.3 Å². The van der Waals surface area contributed by atoms with Gasteiger partial charge >= 0.3 is 0 Å². The van der Waals surface area contributed by atoms with Crippen molar-refractivity contribution in [1.29, 1.82) is 0 Å². The third kappa shape index (κ3) is 4.51. The van der Waals surface area contributed by atoms with Crippen LogP contribution < -0.4 is 11.1 Å². The van der Waals surface area contributed by atoms with E-state index in [2.05, 4.69) is 31.2 Å². The molecule has 0 saturated carbocycles. The summed E-state index contributed by atoms with van der Waals surface area (Å²) in [6.45, 7) is 8.66. The summed E-state index contributed by atoms with van der Waals surface area (Å²) in [4.78, 5) is 11.8. The molecule has 0 spiro atoms. The minimum absolute atomic E-state index is 0.0331. The standard InChI is InChI=1S/C11H23N3O2/c1-5-8(9(12)14-16)10(15)13-7-11(3,4)6-2/h8,16H,5-7H2,1-4H3,(H2,12,14)(H,13,15). The third-order valence-corrected chi connectivity index (χ3v) is 2.90. The van der Waals surface area contributed by atoms with Crippen LogP contribution >= 0.6 is 0 Å². The first-order chi connectivity index (χ1) is 7.37. The SMILES string of the molecule is CCC(C(=O)NCC(C)(C)CC)C(N)=NO. The maximum Gasteiger partial charge on any atom is 0.230 e. The lowest BCUT2D eigenvalue weighted by Gasteiger charge is -2.24. The molecule has 0 radical (unpaired) electrons. The summed E-state index contributed by atoms with van der Waals surface area (Å²) >= 11 is 0. The summed E-state index contributed by atoms with van der Waals surface area (Å²) in [5.41, 5.74) is 5.51. The predicted molar refractivity (Wildman–Crippen MR) is 64.3 cm³/mol. The van der Waals surface area contributed by atoms with Crippen molar-refractivity contribution in [1.82, 2.24) is 5.32 Å². The van der Waals surface area contributed by atoms with E-state index >= 15 is 0 Å². The van der Waals surface area contributed by atoms with Crippen LogP contribution in [0.2, 0.25) is 0 Å². The Hall–Kier alpha value is -1.26. The second-order valence-corrected chi connectivity index (χ2v) is 4.72. The molecule has 0 aliphatic heterocycles. The van der Waals surface area contributed by atoms with E-state index in [1.165, 1.54) is 0 Å². The largest absolute Gasteiger partial charge is 0.409 e. The van der Waals surface area contributed by atoms with Gasteiger partial charge in [-0.2, -0.15) is 0 Å². The highest BCUT2D eigenvalue weighted by atomic mass is 16.4. The molecule has 5 heteroatoms. The molecule has 94 valence electrons. The Morgan fingerprint density at radius 3 is 2.44 bits per heavy atom. The summed E-state index contributed by atoms with van der Waals surface area (Å²) in [5, 5.41) is 14.3. The van der Waals surface area contributed by atoms with Crippen LogP contribution in [0.5, 0.6) is 0 Å². The fraction of sp³-hybridized carbons (Fsp3) is 0.818. The summed E-state index contributed by atoms with van der Waals surface area (Å²) in [7, 11) is 0. The first-order valence-electron chi connectivity index (χ1n) is 5.63. The summed E-state index contributed by atoms with van der Waals surface area (Å²) in [6.07, 6.45) is 1.50. The molecule has 0 aromatic heterocycles. The minimum Gasteiger partial charge on any atom is -0.409 e. The zero-order valence-electron chi connectivity index (χ0n) is 10.6. The van der Waals surface area contributed by atoms with Crippen LogP contribution in [-0.4, -0.2) is 23.5 Å². The van der Waals surface area contributed by atoms with Gasteiger partial charge in [-0.15, -0.1) is 0 Å². The average molecular weight is 229 g/mol. The number of amides is 1. The van der Waals surface area contributed by atoms with E-state index in [1.54, 1.807) is 0 Å². The Bertz CT molecular complexity index is 262. The molecule has 0 aliphatic rings. The normalized spacial score (nSPS) is 14.6. The number of amidine groups is 1. The van der Waals surface area contributed by atoms with Crippen LogP contribution in [0.3, 0.4) is 0 Å². The van der Waals surface area contributed by atoms with E-state index in [0.29, 0.717) is 13.0 Å². The molecule has 0 saturated heterocycles. The Morgan fingerprint density at radius 2 is 2.06 bits per heavy atom. The molecular weight excluding hydrogens is 206 g/mol. The van der Waals surface area contributed by atoms with Gasteiger partial charge in [-0.3, -0.25) is 4.79 Å². The van der Waals surface area contributed by atoms with Crippen molar-refractivity contribution >= 4 is 11.7 Å². The minimum atomic E-state index is -0.544. The van der Waals surface area contributed by atoms with Gasteiger partial charge in [-0.1, -0.05) is 32.9 Å². The van der Waals surface area contributed by atoms with Crippen molar-refractivity contribution < 1.29 is 10.0 Å². The molecule has 4 N–H and O–H groups in total. The lowest BCUT2D eigenvalue weighted by atomic mass is 9.90. The zero-order chi connectivity index (χ0) is 12.8. The third-order valence-electron chi connectivity index (χ3n) is 2.90. The Kier molecular flexibility index (Phi) is 5.85. The molecule has 5 nitrogen and oxygen atoms in total. The molecular formula is C11H23N3O2. The van der Waals surface area contributed by atoms with E-state index in [0.717, 1.165) is 6.42 Å². The van der Waals surface area contributed by atoms with Gasteiger partial charge in [0, 0.05) is 6.54 Å². The zero-order valence-corrected chi connectivity index (χ0v) is 10.6. The maximum absolute atomic E-state index is 11.8. The highest BCUT2D eigenvalue weighted by Crippen LogP contribution is 2.18. The fourth-order valence-corrected chi connectivity index (χ4v) is 1.17. The molecule has 0 aliphatic carbocycles. The molecule has 0 aromatic rings. The van der Waals surface area contributed by atoms with Crippen molar-refractivity contribution in [3.8, 4) is 0 Å². The highest BCUT2D eigenvalue weighted by Gasteiger charge is 2.23. The number of nitrogens with one attached hydrogen (secondary N) is 1. The van der Waals surface area contributed by atoms with Crippen molar-refractivity contribution in [2.24, 2.45) is 22.2 Å². The lowest BCUT2D eigenvalue weighted by molar-refractivity contribution is -0.123. The molecule has 1 unspecified atom stereocenters. The van der Waals surface area contributed by atoms with Crippen LogP contribution in [-0.2, 0) is 4.79 Å². The summed E-state index contributed by atoms with van der Waals surface area (Å²) in [6, 6.07) is 0. The van der Waals surface area contributed by atoms with Gasteiger partial charge in [0.25, 0.3) is 0 Å². The average Bonchev–Trinajstić information content (AvgIpc) is 2.27. The topological polar surface area (TPSA) is 87.7 Å². The Labute approximate surface area is 97.1 Å². The number of nitrogens with zero attached hydrogens (tertiary/aromatic N) is 1. The van der Waals surface area contributed by atoms with Gasteiger partial charge in [0.2, 0.25) is 5.91 Å². The van der Waals surface area contributed by atoms with E-state index in [9.17, 15) is 4.79 Å². The highest BCUT2D eigenvalue weighted by molar-refractivity contribution is 6.01. The van der Waals surface area contributed by atoms with Crippen LogP contribution in [0.1, 0.15) is 40.5 Å². The number of hydrogen-bond acceptors (Lipinski definition) is 3. The van der Waals surface area contributed by atoms with Crippen molar-refractivity contribution in [3.05, 3.63) is 0 Å². The molecule has 0 fully saturated rings. The van der Waals surface area contributed by atoms with Crippen LogP contribution in [0.4, 0.5) is 0 Å². The maximum atomic E-state index is 11.8. The first-order valence-corrected chi connectivity index (χ1v) is 5.63. The van der Waals surface area contributed by atoms with Crippen molar-refractivity contribution in [2.45, 2.75) is 40.5 Å². The van der Waals surface area contributed by atoms with Gasteiger partial charge in [-0.25, -0.2) is 0 Å². The number of nitrogens with two attached hydrogens (primary N) is 1. The Balaban J connectivity index is 4.34. The molecule has 0 rings (SSSR count).